The summed E-state index contributed by atoms with van der Waals surface area (Å²) < 4.78 is 13.9. The summed E-state index contributed by atoms with van der Waals surface area (Å²) in [6, 6.07) is 5.26. The standard InChI is InChI=1S/C21H23FN4O3/c22-16-6-2-1-4-13(16)8-20(28)26-12-15(27)9-18(26)21(29)24-11-19-23-10-14-5-3-7-17(14)25-19/h1-2,4,6,10,15,18,27H,3,5,7-9,11-12H2,(H,24,29). The molecule has 2 aliphatic rings. The largest absolute Gasteiger partial charge is 0.391 e. The second-order valence-electron chi connectivity index (χ2n) is 7.55. The van der Waals surface area contributed by atoms with Gasteiger partial charge in [-0.15, -0.1) is 0 Å². The second kappa shape index (κ2) is 8.24. The van der Waals surface area contributed by atoms with Crippen molar-refractivity contribution in [1.82, 2.24) is 20.2 Å². The van der Waals surface area contributed by atoms with E-state index >= 15 is 0 Å². The Morgan fingerprint density at radius 3 is 2.93 bits per heavy atom. The monoisotopic (exact) mass is 398 g/mol. The number of aliphatic hydroxyl groups excluding tert-OH is 1. The van der Waals surface area contributed by atoms with Crippen LogP contribution in [0, 0.1) is 5.82 Å². The van der Waals surface area contributed by atoms with Crippen molar-refractivity contribution in [2.45, 2.75) is 50.8 Å². The van der Waals surface area contributed by atoms with Gasteiger partial charge in [0.15, 0.2) is 0 Å². The van der Waals surface area contributed by atoms with Crippen LogP contribution in [0.25, 0.3) is 0 Å². The lowest BCUT2D eigenvalue weighted by Crippen LogP contribution is -2.46. The number of carbonyl (C=O) groups excluding carboxylic acids is 2. The summed E-state index contributed by atoms with van der Waals surface area (Å²) in [6.45, 7) is 0.217. The van der Waals surface area contributed by atoms with Gasteiger partial charge in [0.25, 0.3) is 0 Å². The first-order valence-electron chi connectivity index (χ1n) is 9.83. The molecule has 1 aromatic carbocycles. The number of amides is 2. The van der Waals surface area contributed by atoms with Gasteiger partial charge in [0.05, 0.1) is 19.1 Å². The van der Waals surface area contributed by atoms with Gasteiger partial charge in [-0.1, -0.05) is 18.2 Å². The molecule has 7 nitrogen and oxygen atoms in total. The maximum absolute atomic E-state index is 13.9. The number of likely N-dealkylation sites (tertiary alicyclic amines) is 1. The molecule has 2 atom stereocenters. The van der Waals surface area contributed by atoms with E-state index in [0.717, 1.165) is 30.5 Å². The minimum atomic E-state index is -0.793. The summed E-state index contributed by atoms with van der Waals surface area (Å²) in [4.78, 5) is 35.5. The van der Waals surface area contributed by atoms with Crippen LogP contribution in [-0.4, -0.2) is 50.5 Å². The SMILES string of the molecule is O=C(NCc1ncc2c(n1)CCC2)C1CC(O)CN1C(=O)Cc1ccccc1F. The zero-order valence-electron chi connectivity index (χ0n) is 16.0. The lowest BCUT2D eigenvalue weighted by atomic mass is 10.1. The fourth-order valence-corrected chi connectivity index (χ4v) is 3.97. The average molecular weight is 398 g/mol. The third kappa shape index (κ3) is 4.27. The summed E-state index contributed by atoms with van der Waals surface area (Å²) >= 11 is 0. The first kappa shape index (κ1) is 19.4. The molecule has 0 bridgehead atoms. The maximum atomic E-state index is 13.9. The molecule has 1 aromatic heterocycles. The van der Waals surface area contributed by atoms with Crippen LogP contribution in [0.3, 0.4) is 0 Å². The third-order valence-electron chi connectivity index (χ3n) is 5.49. The van der Waals surface area contributed by atoms with E-state index in [1.54, 1.807) is 24.4 Å². The number of halogens is 1. The second-order valence-corrected chi connectivity index (χ2v) is 7.55. The molecular formula is C21H23FN4O3. The summed E-state index contributed by atoms with van der Waals surface area (Å²) in [7, 11) is 0. The molecule has 2 heterocycles. The highest BCUT2D eigenvalue weighted by molar-refractivity contribution is 5.89. The molecule has 0 radical (unpaired) electrons. The number of aromatic nitrogens is 2. The van der Waals surface area contributed by atoms with Gasteiger partial charge in [0.1, 0.15) is 17.7 Å². The highest BCUT2D eigenvalue weighted by Gasteiger charge is 2.38. The highest BCUT2D eigenvalue weighted by Crippen LogP contribution is 2.21. The van der Waals surface area contributed by atoms with Crippen molar-refractivity contribution in [1.29, 1.82) is 0 Å². The molecule has 4 rings (SSSR count). The van der Waals surface area contributed by atoms with Crippen LogP contribution in [0.1, 0.15) is 35.5 Å². The molecule has 29 heavy (non-hydrogen) atoms. The number of fused-ring (bicyclic) bond motifs is 1. The number of nitrogens with zero attached hydrogens (tertiary/aromatic N) is 3. The van der Waals surface area contributed by atoms with Gasteiger partial charge in [-0.25, -0.2) is 14.4 Å². The zero-order valence-corrected chi connectivity index (χ0v) is 16.0. The van der Waals surface area contributed by atoms with E-state index in [9.17, 15) is 19.1 Å². The Balaban J connectivity index is 1.40. The lowest BCUT2D eigenvalue weighted by molar-refractivity contribution is -0.138. The predicted octanol–water partition coefficient (Wildman–Crippen LogP) is 0.925. The molecule has 2 aromatic rings. The fraction of sp³-hybridized carbons (Fsp3) is 0.429. The van der Waals surface area contributed by atoms with Gasteiger partial charge in [-0.2, -0.15) is 0 Å². The van der Waals surface area contributed by atoms with E-state index in [1.807, 2.05) is 0 Å². The molecule has 1 fully saturated rings. The number of aliphatic hydroxyl groups is 1. The molecule has 0 saturated carbocycles. The molecule has 2 N–H and O–H groups in total. The van der Waals surface area contributed by atoms with E-state index in [-0.39, 0.29) is 43.3 Å². The van der Waals surface area contributed by atoms with Crippen LogP contribution in [0.15, 0.2) is 30.5 Å². The van der Waals surface area contributed by atoms with Crippen LogP contribution in [0.2, 0.25) is 0 Å². The number of β-amino-alcohol motifs (C(OH)–C–C–N with tert-alkyl or cyclic N) is 1. The topological polar surface area (TPSA) is 95.4 Å². The third-order valence-corrected chi connectivity index (χ3v) is 5.49. The van der Waals surface area contributed by atoms with Crippen molar-refractivity contribution in [3.8, 4) is 0 Å². The number of hydrogen-bond donors (Lipinski definition) is 2. The summed E-state index contributed by atoms with van der Waals surface area (Å²) in [5, 5.41) is 12.8. The summed E-state index contributed by atoms with van der Waals surface area (Å²) in [5.74, 6) is -0.690. The quantitative estimate of drug-likeness (QED) is 0.781. The van der Waals surface area contributed by atoms with Crippen molar-refractivity contribution >= 4 is 11.8 Å². The highest BCUT2D eigenvalue weighted by atomic mass is 19.1. The fourth-order valence-electron chi connectivity index (χ4n) is 3.97. The number of benzene rings is 1. The van der Waals surface area contributed by atoms with Crippen molar-refractivity contribution in [2.24, 2.45) is 0 Å². The van der Waals surface area contributed by atoms with Crippen molar-refractivity contribution < 1.29 is 19.1 Å². The van der Waals surface area contributed by atoms with Crippen LogP contribution in [-0.2, 0) is 35.4 Å². The molecular weight excluding hydrogens is 375 g/mol. The Bertz CT molecular complexity index is 936. The van der Waals surface area contributed by atoms with Gasteiger partial charge in [0, 0.05) is 24.9 Å². The smallest absolute Gasteiger partial charge is 0.243 e. The molecule has 2 unspecified atom stereocenters. The van der Waals surface area contributed by atoms with Crippen LogP contribution < -0.4 is 5.32 Å². The number of rotatable bonds is 5. The molecule has 1 aliphatic heterocycles. The Morgan fingerprint density at radius 2 is 2.10 bits per heavy atom. The molecule has 152 valence electrons. The molecule has 0 spiro atoms. The first-order chi connectivity index (χ1) is 14.0. The maximum Gasteiger partial charge on any atom is 0.243 e. The van der Waals surface area contributed by atoms with E-state index in [2.05, 4.69) is 15.3 Å². The Morgan fingerprint density at radius 1 is 1.28 bits per heavy atom. The minimum absolute atomic E-state index is 0.0563. The Labute approximate surface area is 168 Å². The van der Waals surface area contributed by atoms with Crippen molar-refractivity contribution in [2.75, 3.05) is 6.54 Å². The van der Waals surface area contributed by atoms with Crippen LogP contribution >= 0.6 is 0 Å². The van der Waals surface area contributed by atoms with Crippen LogP contribution in [0.4, 0.5) is 4.39 Å². The number of nitrogens with one attached hydrogen (secondary N) is 1. The van der Waals surface area contributed by atoms with E-state index < -0.39 is 18.0 Å². The lowest BCUT2D eigenvalue weighted by Gasteiger charge is -2.23. The zero-order chi connectivity index (χ0) is 20.4. The van der Waals surface area contributed by atoms with Crippen LogP contribution in [0.5, 0.6) is 0 Å². The normalized spacial score (nSPS) is 20.6. The number of aryl methyl sites for hydroxylation is 2. The Kier molecular flexibility index (Phi) is 5.53. The van der Waals surface area contributed by atoms with Crippen molar-refractivity contribution in [3.05, 3.63) is 58.9 Å². The van der Waals surface area contributed by atoms with Gasteiger partial charge in [-0.05, 0) is 36.5 Å². The van der Waals surface area contributed by atoms with Gasteiger partial charge in [0.2, 0.25) is 11.8 Å². The summed E-state index contributed by atoms with van der Waals surface area (Å²) in [5.41, 5.74) is 2.45. The van der Waals surface area contributed by atoms with Gasteiger partial charge in [-0.3, -0.25) is 9.59 Å². The summed E-state index contributed by atoms with van der Waals surface area (Å²) in [6.07, 6.45) is 4.00. The predicted molar refractivity (Wildman–Crippen MR) is 102 cm³/mol. The minimum Gasteiger partial charge on any atom is -0.391 e. The van der Waals surface area contributed by atoms with E-state index in [0.29, 0.717) is 5.82 Å². The first-order valence-corrected chi connectivity index (χ1v) is 9.83. The van der Waals surface area contributed by atoms with E-state index in [4.69, 9.17) is 0 Å². The van der Waals surface area contributed by atoms with Gasteiger partial charge < -0.3 is 15.3 Å². The average Bonchev–Trinajstić information content (AvgIpc) is 3.33. The number of hydrogen-bond acceptors (Lipinski definition) is 5. The van der Waals surface area contributed by atoms with Gasteiger partial charge >= 0.3 is 0 Å². The Hall–Kier alpha value is -2.87. The number of carbonyl (C=O) groups is 2. The molecule has 1 saturated heterocycles. The van der Waals surface area contributed by atoms with Crippen molar-refractivity contribution in [3.63, 3.8) is 0 Å². The molecule has 1 aliphatic carbocycles. The molecule has 2 amide bonds. The molecule has 8 heteroatoms. The van der Waals surface area contributed by atoms with E-state index in [1.165, 1.54) is 11.0 Å².